The van der Waals surface area contributed by atoms with E-state index >= 15 is 0 Å². The van der Waals surface area contributed by atoms with Crippen LogP contribution in [0.1, 0.15) is 26.7 Å². The van der Waals surface area contributed by atoms with Gasteiger partial charge in [-0.15, -0.1) is 0 Å². The van der Waals surface area contributed by atoms with Crippen LogP contribution < -0.4 is 5.32 Å². The van der Waals surface area contributed by atoms with E-state index in [9.17, 15) is 8.42 Å². The van der Waals surface area contributed by atoms with Gasteiger partial charge in [0.15, 0.2) is 0 Å². The smallest absolute Gasteiger partial charge is 0.281 e. The molecule has 0 aromatic rings. The maximum atomic E-state index is 12.4. The van der Waals surface area contributed by atoms with Crippen LogP contribution >= 0.6 is 11.8 Å². The first-order valence-corrected chi connectivity index (χ1v) is 9.52. The molecular weight excluding hydrogens is 282 g/mol. The van der Waals surface area contributed by atoms with Crippen molar-refractivity contribution in [3.05, 3.63) is 0 Å². The van der Waals surface area contributed by atoms with Crippen LogP contribution in [0.2, 0.25) is 0 Å². The zero-order valence-electron chi connectivity index (χ0n) is 12.3. The monoisotopic (exact) mass is 309 g/mol. The summed E-state index contributed by atoms with van der Waals surface area (Å²) in [6.07, 6.45) is 1.79. The lowest BCUT2D eigenvalue weighted by molar-refractivity contribution is 0.367. The first-order valence-electron chi connectivity index (χ1n) is 6.97. The number of nitrogens with one attached hydrogen (secondary N) is 1. The predicted molar refractivity (Wildman–Crippen MR) is 82.8 cm³/mol. The van der Waals surface area contributed by atoms with Crippen molar-refractivity contribution in [1.82, 2.24) is 13.9 Å². The molecule has 0 atom stereocenters. The zero-order chi connectivity index (χ0) is 14.3. The molecule has 0 saturated carbocycles. The molecule has 1 aliphatic rings. The maximum Gasteiger partial charge on any atom is 0.281 e. The summed E-state index contributed by atoms with van der Waals surface area (Å²) >= 11 is 1.84. The van der Waals surface area contributed by atoms with Crippen LogP contribution in [0.25, 0.3) is 0 Å². The van der Waals surface area contributed by atoms with E-state index in [0.29, 0.717) is 25.7 Å². The highest BCUT2D eigenvalue weighted by Crippen LogP contribution is 2.15. The first kappa shape index (κ1) is 17.2. The Kier molecular flexibility index (Phi) is 7.68. The molecule has 1 N–H and O–H groups in total. The molecular formula is C12H27N3O2S2. The second kappa shape index (κ2) is 8.46. The van der Waals surface area contributed by atoms with Crippen molar-refractivity contribution in [2.75, 3.05) is 44.7 Å². The normalized spacial score (nSPS) is 19.0. The fourth-order valence-electron chi connectivity index (χ4n) is 1.96. The Morgan fingerprint density at radius 3 is 2.74 bits per heavy atom. The minimum absolute atomic E-state index is 0.449. The van der Waals surface area contributed by atoms with Crippen molar-refractivity contribution in [2.45, 2.75) is 32.7 Å². The molecule has 0 aromatic heterocycles. The molecule has 0 spiro atoms. The number of hydrogen-bond acceptors (Lipinski definition) is 4. The molecule has 1 rings (SSSR count). The number of rotatable bonds is 7. The molecule has 5 nitrogen and oxygen atoms in total. The van der Waals surface area contributed by atoms with Crippen molar-refractivity contribution < 1.29 is 8.42 Å². The third kappa shape index (κ3) is 5.99. The molecule has 0 radical (unpaired) electrons. The fourth-order valence-corrected chi connectivity index (χ4v) is 4.40. The third-order valence-electron chi connectivity index (χ3n) is 3.10. The molecule has 114 valence electrons. The average molecular weight is 310 g/mol. The van der Waals surface area contributed by atoms with Gasteiger partial charge in [0.25, 0.3) is 10.2 Å². The number of nitrogens with zero attached hydrogens (tertiary/aromatic N) is 2. The van der Waals surface area contributed by atoms with Crippen LogP contribution in [0.5, 0.6) is 0 Å². The average Bonchev–Trinajstić information content (AvgIpc) is 2.63. The second-order valence-corrected chi connectivity index (χ2v) is 8.42. The van der Waals surface area contributed by atoms with E-state index in [1.165, 1.54) is 4.31 Å². The molecule has 0 aromatic carbocycles. The highest BCUT2D eigenvalue weighted by atomic mass is 32.2. The molecule has 0 bridgehead atoms. The van der Waals surface area contributed by atoms with Gasteiger partial charge < -0.3 is 5.32 Å². The predicted octanol–water partition coefficient (Wildman–Crippen LogP) is 0.990. The minimum atomic E-state index is -3.26. The van der Waals surface area contributed by atoms with Gasteiger partial charge >= 0.3 is 0 Å². The van der Waals surface area contributed by atoms with E-state index in [1.807, 2.05) is 11.8 Å². The first-order chi connectivity index (χ1) is 8.94. The highest BCUT2D eigenvalue weighted by Gasteiger charge is 2.26. The minimum Gasteiger partial charge on any atom is -0.314 e. The molecule has 1 aliphatic heterocycles. The summed E-state index contributed by atoms with van der Waals surface area (Å²) in [5.74, 6) is 1.97. The molecule has 0 aliphatic carbocycles. The molecule has 1 saturated heterocycles. The van der Waals surface area contributed by atoms with Crippen molar-refractivity contribution in [3.8, 4) is 0 Å². The van der Waals surface area contributed by atoms with Gasteiger partial charge in [-0.2, -0.15) is 28.8 Å². The summed E-state index contributed by atoms with van der Waals surface area (Å²) in [6.45, 7) is 6.91. The molecule has 1 heterocycles. The van der Waals surface area contributed by atoms with E-state index in [-0.39, 0.29) is 0 Å². The molecule has 19 heavy (non-hydrogen) atoms. The summed E-state index contributed by atoms with van der Waals surface area (Å²) in [6, 6.07) is 0.449. The van der Waals surface area contributed by atoms with Gasteiger partial charge in [-0.05, 0) is 25.1 Å². The summed E-state index contributed by atoms with van der Waals surface area (Å²) < 4.78 is 27.9. The van der Waals surface area contributed by atoms with E-state index in [1.54, 1.807) is 11.4 Å². The molecule has 0 amide bonds. The lowest BCUT2D eigenvalue weighted by atomic mass is 10.3. The summed E-state index contributed by atoms with van der Waals surface area (Å²) in [4.78, 5) is 0. The zero-order valence-corrected chi connectivity index (χ0v) is 13.9. The number of thioether (sulfide) groups is 1. The lowest BCUT2D eigenvalue weighted by Gasteiger charge is -2.26. The Balaban J connectivity index is 2.41. The topological polar surface area (TPSA) is 52.7 Å². The van der Waals surface area contributed by atoms with Crippen LogP contribution in [0, 0.1) is 0 Å². The summed E-state index contributed by atoms with van der Waals surface area (Å²) in [5, 5.41) is 3.30. The van der Waals surface area contributed by atoms with Crippen molar-refractivity contribution in [1.29, 1.82) is 0 Å². The van der Waals surface area contributed by atoms with Crippen LogP contribution in [0.3, 0.4) is 0 Å². The van der Waals surface area contributed by atoms with Crippen molar-refractivity contribution in [2.24, 2.45) is 0 Å². The quantitative estimate of drug-likeness (QED) is 0.713. The van der Waals surface area contributed by atoms with E-state index < -0.39 is 10.2 Å². The Bertz CT molecular complexity index is 339. The van der Waals surface area contributed by atoms with Crippen LogP contribution in [0.4, 0.5) is 0 Å². The van der Waals surface area contributed by atoms with Gasteiger partial charge in [-0.1, -0.05) is 13.8 Å². The van der Waals surface area contributed by atoms with Crippen molar-refractivity contribution in [3.63, 3.8) is 0 Å². The summed E-state index contributed by atoms with van der Waals surface area (Å²) in [5.41, 5.74) is 0. The van der Waals surface area contributed by atoms with E-state index in [4.69, 9.17) is 0 Å². The summed E-state index contributed by atoms with van der Waals surface area (Å²) in [7, 11) is -1.58. The van der Waals surface area contributed by atoms with E-state index in [0.717, 1.165) is 30.9 Å². The van der Waals surface area contributed by atoms with E-state index in [2.05, 4.69) is 19.2 Å². The van der Waals surface area contributed by atoms with Gasteiger partial charge in [0, 0.05) is 38.5 Å². The van der Waals surface area contributed by atoms with Crippen LogP contribution in [0.15, 0.2) is 0 Å². The number of hydrogen-bond donors (Lipinski definition) is 1. The Morgan fingerprint density at radius 1 is 1.32 bits per heavy atom. The molecule has 0 unspecified atom stereocenters. The van der Waals surface area contributed by atoms with Crippen LogP contribution in [-0.2, 0) is 10.2 Å². The Labute approximate surface area is 122 Å². The van der Waals surface area contributed by atoms with Gasteiger partial charge in [0.05, 0.1) is 0 Å². The third-order valence-corrected chi connectivity index (χ3v) is 6.14. The molecule has 7 heteroatoms. The lowest BCUT2D eigenvalue weighted by Crippen LogP contribution is -2.43. The Morgan fingerprint density at radius 2 is 2.05 bits per heavy atom. The Hall–Kier alpha value is 0.180. The standard InChI is InChI=1S/C12H27N3O2S2/c1-12(2)13-6-4-7-14(3)19(16,17)15-8-5-10-18-11-9-15/h12-13H,4-11H2,1-3H3. The molecule has 1 fully saturated rings. The highest BCUT2D eigenvalue weighted by molar-refractivity contribution is 7.99. The van der Waals surface area contributed by atoms with Gasteiger partial charge in [-0.25, -0.2) is 0 Å². The fraction of sp³-hybridized carbons (Fsp3) is 1.00. The maximum absolute atomic E-state index is 12.4. The van der Waals surface area contributed by atoms with Gasteiger partial charge in [0.1, 0.15) is 0 Å². The SMILES string of the molecule is CC(C)NCCCN(C)S(=O)(=O)N1CCCSCC1. The largest absolute Gasteiger partial charge is 0.314 e. The van der Waals surface area contributed by atoms with Crippen LogP contribution in [-0.4, -0.2) is 67.8 Å². The van der Waals surface area contributed by atoms with Crippen molar-refractivity contribution >= 4 is 22.0 Å². The van der Waals surface area contributed by atoms with Gasteiger partial charge in [-0.3, -0.25) is 0 Å². The van der Waals surface area contributed by atoms with Gasteiger partial charge in [0.2, 0.25) is 0 Å². The second-order valence-electron chi connectivity index (χ2n) is 5.16.